The summed E-state index contributed by atoms with van der Waals surface area (Å²) in [6.07, 6.45) is -2.77. The molecule has 2 heterocycles. The van der Waals surface area contributed by atoms with Crippen LogP contribution in [0.1, 0.15) is 30.3 Å². The van der Waals surface area contributed by atoms with E-state index in [0.717, 1.165) is 25.9 Å². The minimum absolute atomic E-state index is 0.115. The molecule has 0 radical (unpaired) electrons. The average molecular weight is 364 g/mol. The predicted molar refractivity (Wildman–Crippen MR) is 90.7 cm³/mol. The Morgan fingerprint density at radius 1 is 1.12 bits per heavy atom. The number of likely N-dealkylation sites (tertiary alicyclic amines) is 1. The molecule has 1 saturated heterocycles. The highest BCUT2D eigenvalue weighted by molar-refractivity contribution is 5.93. The number of hydrogen-bond acceptors (Lipinski definition) is 3. The molecule has 0 N–H and O–H groups in total. The van der Waals surface area contributed by atoms with Gasteiger partial charge in [-0.1, -0.05) is 13.0 Å². The fourth-order valence-corrected chi connectivity index (χ4v) is 2.92. The van der Waals surface area contributed by atoms with Gasteiger partial charge in [-0.25, -0.2) is 4.98 Å². The van der Waals surface area contributed by atoms with Crippen molar-refractivity contribution >= 4 is 5.91 Å². The van der Waals surface area contributed by atoms with Gasteiger partial charge in [0.25, 0.3) is 5.91 Å². The van der Waals surface area contributed by atoms with Gasteiger partial charge in [-0.3, -0.25) is 4.79 Å². The van der Waals surface area contributed by atoms with Crippen molar-refractivity contribution in [3.63, 3.8) is 0 Å². The molecule has 1 aromatic carbocycles. The number of carbonyl (C=O) groups is 1. The molecular weight excluding hydrogens is 345 g/mol. The zero-order chi connectivity index (χ0) is 18.7. The number of alkyl halides is 3. The maximum absolute atomic E-state index is 12.6. The van der Waals surface area contributed by atoms with Crippen molar-refractivity contribution in [1.29, 1.82) is 0 Å². The summed E-state index contributed by atoms with van der Waals surface area (Å²) in [4.78, 5) is 18.8. The smallest absolute Gasteiger partial charge is 0.406 e. The third-order valence-corrected chi connectivity index (χ3v) is 4.42. The second-order valence-electron chi connectivity index (χ2n) is 6.45. The van der Waals surface area contributed by atoms with Gasteiger partial charge < -0.3 is 9.64 Å². The highest BCUT2D eigenvalue weighted by Gasteiger charge is 2.31. The molecule has 0 bridgehead atoms. The molecular formula is C19H19F3N2O2. The Labute approximate surface area is 149 Å². The van der Waals surface area contributed by atoms with Crippen LogP contribution in [0.4, 0.5) is 13.2 Å². The van der Waals surface area contributed by atoms with Crippen LogP contribution in [0.2, 0.25) is 0 Å². The topological polar surface area (TPSA) is 42.4 Å². The van der Waals surface area contributed by atoms with Crippen molar-refractivity contribution in [2.45, 2.75) is 26.1 Å². The highest BCUT2D eigenvalue weighted by Crippen LogP contribution is 2.26. The molecule has 1 aromatic heterocycles. The molecule has 1 aliphatic heterocycles. The van der Waals surface area contributed by atoms with E-state index < -0.39 is 6.36 Å². The maximum Gasteiger partial charge on any atom is 0.573 e. The molecule has 1 fully saturated rings. The number of nitrogens with zero attached hydrogens (tertiary/aromatic N) is 2. The van der Waals surface area contributed by atoms with E-state index in [1.807, 2.05) is 0 Å². The number of rotatable bonds is 3. The lowest BCUT2D eigenvalue weighted by atomic mass is 9.99. The number of pyridine rings is 1. The quantitative estimate of drug-likeness (QED) is 0.804. The fourth-order valence-electron chi connectivity index (χ4n) is 2.92. The number of carbonyl (C=O) groups excluding carboxylic acids is 1. The van der Waals surface area contributed by atoms with Crippen molar-refractivity contribution in [3.8, 4) is 17.0 Å². The predicted octanol–water partition coefficient (Wildman–Crippen LogP) is 4.52. The molecule has 0 saturated carbocycles. The van der Waals surface area contributed by atoms with Crippen LogP contribution in [0.3, 0.4) is 0 Å². The standard InChI is InChI=1S/C19H19F3N2O2/c1-13-9-11-24(12-10-13)18(25)17-4-2-3-16(23-17)14-5-7-15(8-6-14)26-19(20,21)22/h2-8,13H,9-12H2,1H3. The van der Waals surface area contributed by atoms with Crippen molar-refractivity contribution in [1.82, 2.24) is 9.88 Å². The van der Waals surface area contributed by atoms with Gasteiger partial charge in [0, 0.05) is 18.7 Å². The Bertz CT molecular complexity index is 767. The number of piperidine rings is 1. The van der Waals surface area contributed by atoms with Crippen LogP contribution in [-0.4, -0.2) is 35.2 Å². The molecule has 3 rings (SSSR count). The van der Waals surface area contributed by atoms with E-state index in [1.165, 1.54) is 24.3 Å². The van der Waals surface area contributed by atoms with Gasteiger partial charge in [0.05, 0.1) is 5.69 Å². The molecule has 0 unspecified atom stereocenters. The average Bonchev–Trinajstić information content (AvgIpc) is 2.61. The van der Waals surface area contributed by atoms with E-state index in [1.54, 1.807) is 23.1 Å². The van der Waals surface area contributed by atoms with Crippen LogP contribution in [0, 0.1) is 5.92 Å². The molecule has 4 nitrogen and oxygen atoms in total. The number of amides is 1. The Kier molecular flexibility index (Phi) is 5.15. The van der Waals surface area contributed by atoms with E-state index >= 15 is 0 Å². The molecule has 1 aliphatic rings. The molecule has 7 heteroatoms. The van der Waals surface area contributed by atoms with Gasteiger partial charge >= 0.3 is 6.36 Å². The molecule has 138 valence electrons. The van der Waals surface area contributed by atoms with Crippen molar-refractivity contribution in [3.05, 3.63) is 48.2 Å². The number of benzene rings is 1. The van der Waals surface area contributed by atoms with Crippen LogP contribution in [0.5, 0.6) is 5.75 Å². The van der Waals surface area contributed by atoms with Gasteiger partial charge in [-0.05, 0) is 55.2 Å². The van der Waals surface area contributed by atoms with Crippen LogP contribution in [-0.2, 0) is 0 Å². The molecule has 0 spiro atoms. The minimum Gasteiger partial charge on any atom is -0.406 e. The lowest BCUT2D eigenvalue weighted by molar-refractivity contribution is -0.274. The van der Waals surface area contributed by atoms with Crippen LogP contribution in [0.25, 0.3) is 11.3 Å². The number of hydrogen-bond donors (Lipinski definition) is 0. The third-order valence-electron chi connectivity index (χ3n) is 4.42. The SMILES string of the molecule is CC1CCN(C(=O)c2cccc(-c3ccc(OC(F)(F)F)cc3)n2)CC1. The molecule has 0 aliphatic carbocycles. The summed E-state index contributed by atoms with van der Waals surface area (Å²) in [6.45, 7) is 3.61. The largest absolute Gasteiger partial charge is 0.573 e. The van der Waals surface area contributed by atoms with Gasteiger partial charge in [0.2, 0.25) is 0 Å². The Balaban J connectivity index is 1.75. The van der Waals surface area contributed by atoms with E-state index in [-0.39, 0.29) is 11.7 Å². The Morgan fingerprint density at radius 3 is 2.38 bits per heavy atom. The summed E-state index contributed by atoms with van der Waals surface area (Å²) >= 11 is 0. The van der Waals surface area contributed by atoms with Gasteiger partial charge in [-0.15, -0.1) is 13.2 Å². The second-order valence-corrected chi connectivity index (χ2v) is 6.45. The number of halogens is 3. The number of aromatic nitrogens is 1. The Morgan fingerprint density at radius 2 is 1.77 bits per heavy atom. The zero-order valence-electron chi connectivity index (χ0n) is 14.3. The minimum atomic E-state index is -4.72. The maximum atomic E-state index is 12.6. The summed E-state index contributed by atoms with van der Waals surface area (Å²) in [5.74, 6) is 0.211. The van der Waals surface area contributed by atoms with E-state index in [2.05, 4.69) is 16.6 Å². The first-order valence-electron chi connectivity index (χ1n) is 8.44. The summed E-state index contributed by atoms with van der Waals surface area (Å²) in [5.41, 5.74) is 1.48. The van der Waals surface area contributed by atoms with Gasteiger partial charge in [0.15, 0.2) is 0 Å². The van der Waals surface area contributed by atoms with E-state index in [9.17, 15) is 18.0 Å². The highest BCUT2D eigenvalue weighted by atomic mass is 19.4. The first-order valence-corrected chi connectivity index (χ1v) is 8.44. The van der Waals surface area contributed by atoms with Crippen LogP contribution < -0.4 is 4.74 Å². The molecule has 0 atom stereocenters. The van der Waals surface area contributed by atoms with Crippen molar-refractivity contribution < 1.29 is 22.7 Å². The second kappa shape index (κ2) is 7.35. The monoisotopic (exact) mass is 364 g/mol. The fraction of sp³-hybridized carbons (Fsp3) is 0.368. The first kappa shape index (κ1) is 18.2. The third kappa shape index (κ3) is 4.53. The first-order chi connectivity index (χ1) is 12.3. The van der Waals surface area contributed by atoms with Crippen LogP contribution in [0.15, 0.2) is 42.5 Å². The number of ether oxygens (including phenoxy) is 1. The summed E-state index contributed by atoms with van der Waals surface area (Å²) < 4.78 is 40.6. The van der Waals surface area contributed by atoms with Crippen molar-refractivity contribution in [2.24, 2.45) is 5.92 Å². The Hall–Kier alpha value is -2.57. The van der Waals surface area contributed by atoms with E-state index in [4.69, 9.17) is 0 Å². The van der Waals surface area contributed by atoms with Gasteiger partial charge in [0.1, 0.15) is 11.4 Å². The molecule has 26 heavy (non-hydrogen) atoms. The summed E-state index contributed by atoms with van der Waals surface area (Å²) in [7, 11) is 0. The molecule has 2 aromatic rings. The van der Waals surface area contributed by atoms with Crippen molar-refractivity contribution in [2.75, 3.05) is 13.1 Å². The van der Waals surface area contributed by atoms with E-state index in [0.29, 0.717) is 22.9 Å². The normalized spacial score (nSPS) is 15.8. The summed E-state index contributed by atoms with van der Waals surface area (Å²) in [5, 5.41) is 0. The summed E-state index contributed by atoms with van der Waals surface area (Å²) in [6, 6.07) is 10.5. The van der Waals surface area contributed by atoms with Gasteiger partial charge in [-0.2, -0.15) is 0 Å². The zero-order valence-corrected chi connectivity index (χ0v) is 14.3. The lowest BCUT2D eigenvalue weighted by Crippen LogP contribution is -2.38. The van der Waals surface area contributed by atoms with Crippen LogP contribution >= 0.6 is 0 Å². The lowest BCUT2D eigenvalue weighted by Gasteiger charge is -2.30. The molecule has 1 amide bonds.